The van der Waals surface area contributed by atoms with Crippen LogP contribution >= 0.6 is 0 Å². The van der Waals surface area contributed by atoms with Crippen molar-refractivity contribution in [3.63, 3.8) is 0 Å². The zero-order valence-corrected chi connectivity index (χ0v) is 16.6. The van der Waals surface area contributed by atoms with Crippen LogP contribution in [0.4, 0.5) is 5.69 Å². The van der Waals surface area contributed by atoms with Crippen molar-refractivity contribution in [1.82, 2.24) is 15.0 Å². The van der Waals surface area contributed by atoms with E-state index < -0.39 is 5.91 Å². The third-order valence-electron chi connectivity index (χ3n) is 5.65. The predicted molar refractivity (Wildman–Crippen MR) is 114 cm³/mol. The highest BCUT2D eigenvalue weighted by Crippen LogP contribution is 2.19. The van der Waals surface area contributed by atoms with Gasteiger partial charge >= 0.3 is 0 Å². The number of carbonyl (C=O) groups is 1. The zero-order chi connectivity index (χ0) is 20.1. The molecule has 1 saturated heterocycles. The van der Waals surface area contributed by atoms with Crippen LogP contribution in [0.15, 0.2) is 40.4 Å². The molecule has 3 heterocycles. The summed E-state index contributed by atoms with van der Waals surface area (Å²) in [5, 5.41) is 4.02. The maximum absolute atomic E-state index is 12.6. The molecule has 7 heteroatoms. The standard InChI is InChI=1S/C22H27N5O2/c28-21(19-16-23-20-7-3-1-6-14-27(20)22(19)29)25-24-15-17-8-10-18(11-9-17)26-12-4-2-5-13-26/h8-11,15-16H,1-7,12-14H2,(H,25,28)/b24-15+. The van der Waals surface area contributed by atoms with Crippen molar-refractivity contribution >= 4 is 17.8 Å². The van der Waals surface area contributed by atoms with Gasteiger partial charge in [0.25, 0.3) is 11.5 Å². The van der Waals surface area contributed by atoms with Crippen molar-refractivity contribution in [3.05, 3.63) is 57.8 Å². The fourth-order valence-electron chi connectivity index (χ4n) is 3.99. The number of fused-ring (bicyclic) bond motifs is 1. The monoisotopic (exact) mass is 393 g/mol. The lowest BCUT2D eigenvalue weighted by atomic mass is 10.1. The van der Waals surface area contributed by atoms with Gasteiger partial charge in [0, 0.05) is 37.9 Å². The van der Waals surface area contributed by atoms with E-state index in [0.29, 0.717) is 6.54 Å². The predicted octanol–water partition coefficient (Wildman–Crippen LogP) is 2.72. The number of benzene rings is 1. The third kappa shape index (κ3) is 4.55. The van der Waals surface area contributed by atoms with Crippen LogP contribution < -0.4 is 15.9 Å². The Morgan fingerprint density at radius 3 is 2.52 bits per heavy atom. The molecular weight excluding hydrogens is 366 g/mol. The van der Waals surface area contributed by atoms with Crippen molar-refractivity contribution in [2.45, 2.75) is 51.5 Å². The maximum Gasteiger partial charge on any atom is 0.278 e. The number of amides is 1. The average molecular weight is 393 g/mol. The molecule has 2 aromatic rings. The Balaban J connectivity index is 1.40. The highest BCUT2D eigenvalue weighted by atomic mass is 16.2. The number of aromatic nitrogens is 2. The first-order valence-electron chi connectivity index (χ1n) is 10.5. The molecule has 4 rings (SSSR count). The van der Waals surface area contributed by atoms with E-state index in [2.05, 4.69) is 32.5 Å². The van der Waals surface area contributed by atoms with Gasteiger partial charge in [0.2, 0.25) is 0 Å². The number of rotatable bonds is 4. The molecule has 2 aliphatic rings. The molecule has 29 heavy (non-hydrogen) atoms. The van der Waals surface area contributed by atoms with Crippen LogP contribution in [0.5, 0.6) is 0 Å². The van der Waals surface area contributed by atoms with Gasteiger partial charge in [-0.15, -0.1) is 0 Å². The Kier molecular flexibility index (Phi) is 6.03. The van der Waals surface area contributed by atoms with Gasteiger partial charge in [0.15, 0.2) is 0 Å². The number of piperidine rings is 1. The molecule has 1 N–H and O–H groups in total. The molecule has 1 amide bonds. The van der Waals surface area contributed by atoms with Crippen LogP contribution in [0.2, 0.25) is 0 Å². The fourth-order valence-corrected chi connectivity index (χ4v) is 3.99. The van der Waals surface area contributed by atoms with Gasteiger partial charge in [0.1, 0.15) is 11.4 Å². The summed E-state index contributed by atoms with van der Waals surface area (Å²) >= 11 is 0. The second-order valence-electron chi connectivity index (χ2n) is 7.69. The summed E-state index contributed by atoms with van der Waals surface area (Å²) in [6.07, 6.45) is 10.6. The van der Waals surface area contributed by atoms with E-state index in [1.165, 1.54) is 31.1 Å². The molecule has 1 aromatic carbocycles. The molecule has 0 aliphatic carbocycles. The van der Waals surface area contributed by atoms with E-state index in [4.69, 9.17) is 0 Å². The molecule has 2 aliphatic heterocycles. The molecule has 0 spiro atoms. The summed E-state index contributed by atoms with van der Waals surface area (Å²) in [6, 6.07) is 8.13. The van der Waals surface area contributed by atoms with Gasteiger partial charge in [-0.3, -0.25) is 14.2 Å². The second-order valence-corrected chi connectivity index (χ2v) is 7.69. The van der Waals surface area contributed by atoms with Crippen LogP contribution in [-0.2, 0) is 13.0 Å². The number of hydrogen-bond acceptors (Lipinski definition) is 5. The molecule has 0 bridgehead atoms. The van der Waals surface area contributed by atoms with Crippen molar-refractivity contribution in [1.29, 1.82) is 0 Å². The first-order chi connectivity index (χ1) is 14.2. The lowest BCUT2D eigenvalue weighted by Gasteiger charge is -2.28. The van der Waals surface area contributed by atoms with Crippen molar-refractivity contribution < 1.29 is 4.79 Å². The Bertz CT molecular complexity index is 943. The average Bonchev–Trinajstić information content (AvgIpc) is 3.01. The highest BCUT2D eigenvalue weighted by molar-refractivity contribution is 5.94. The molecular formula is C22H27N5O2. The summed E-state index contributed by atoms with van der Waals surface area (Å²) in [5.41, 5.74) is 4.32. The Morgan fingerprint density at radius 2 is 1.72 bits per heavy atom. The molecule has 7 nitrogen and oxygen atoms in total. The number of anilines is 1. The second kappa shape index (κ2) is 9.03. The fraction of sp³-hybridized carbons (Fsp3) is 0.455. The Hall–Kier alpha value is -2.96. The van der Waals surface area contributed by atoms with Gasteiger partial charge in [0.05, 0.1) is 6.21 Å². The van der Waals surface area contributed by atoms with E-state index in [1.54, 1.807) is 10.8 Å². The largest absolute Gasteiger partial charge is 0.372 e. The Labute approximate surface area is 170 Å². The van der Waals surface area contributed by atoms with Crippen molar-refractivity contribution in [2.75, 3.05) is 18.0 Å². The zero-order valence-electron chi connectivity index (χ0n) is 16.6. The van der Waals surface area contributed by atoms with Crippen LogP contribution in [0, 0.1) is 0 Å². The van der Waals surface area contributed by atoms with Gasteiger partial charge in [-0.25, -0.2) is 10.4 Å². The minimum Gasteiger partial charge on any atom is -0.372 e. The quantitative estimate of drug-likeness (QED) is 0.640. The van der Waals surface area contributed by atoms with Gasteiger partial charge < -0.3 is 4.90 Å². The molecule has 1 fully saturated rings. The van der Waals surface area contributed by atoms with E-state index in [9.17, 15) is 9.59 Å². The molecule has 152 valence electrons. The van der Waals surface area contributed by atoms with Crippen LogP contribution in [0.3, 0.4) is 0 Å². The summed E-state index contributed by atoms with van der Waals surface area (Å²) in [5.74, 6) is 0.240. The smallest absolute Gasteiger partial charge is 0.278 e. The van der Waals surface area contributed by atoms with E-state index in [-0.39, 0.29) is 11.1 Å². The van der Waals surface area contributed by atoms with E-state index >= 15 is 0 Å². The van der Waals surface area contributed by atoms with Crippen molar-refractivity contribution in [2.24, 2.45) is 5.10 Å². The van der Waals surface area contributed by atoms with Gasteiger partial charge in [-0.2, -0.15) is 5.10 Å². The van der Waals surface area contributed by atoms with E-state index in [1.807, 2.05) is 12.1 Å². The normalized spacial score (nSPS) is 17.0. The van der Waals surface area contributed by atoms with Crippen LogP contribution in [0.1, 0.15) is 60.3 Å². The first kappa shape index (κ1) is 19.4. The summed E-state index contributed by atoms with van der Waals surface area (Å²) in [6.45, 7) is 2.83. The van der Waals surface area contributed by atoms with E-state index in [0.717, 1.165) is 50.2 Å². The van der Waals surface area contributed by atoms with Crippen molar-refractivity contribution in [3.8, 4) is 0 Å². The number of nitrogens with zero attached hydrogens (tertiary/aromatic N) is 4. The number of nitrogens with one attached hydrogen (secondary N) is 1. The summed E-state index contributed by atoms with van der Waals surface area (Å²) in [4.78, 5) is 31.8. The van der Waals surface area contributed by atoms with Crippen LogP contribution in [-0.4, -0.2) is 34.8 Å². The Morgan fingerprint density at radius 1 is 1.00 bits per heavy atom. The number of hydrogen-bond donors (Lipinski definition) is 1. The molecule has 1 aromatic heterocycles. The highest BCUT2D eigenvalue weighted by Gasteiger charge is 2.17. The van der Waals surface area contributed by atoms with Gasteiger partial charge in [-0.05, 0) is 49.8 Å². The molecule has 0 unspecified atom stereocenters. The number of aryl methyl sites for hydroxylation is 1. The topological polar surface area (TPSA) is 79.6 Å². The lowest BCUT2D eigenvalue weighted by molar-refractivity contribution is 0.0952. The first-order valence-corrected chi connectivity index (χ1v) is 10.5. The summed E-state index contributed by atoms with van der Waals surface area (Å²) < 4.78 is 1.63. The molecule has 0 radical (unpaired) electrons. The third-order valence-corrected chi connectivity index (χ3v) is 5.65. The molecule has 0 saturated carbocycles. The SMILES string of the molecule is O=C(N/N=C/c1ccc(N2CCCCC2)cc1)c1cnc2n(c1=O)CCCCC2. The van der Waals surface area contributed by atoms with Crippen LogP contribution in [0.25, 0.3) is 0 Å². The number of hydrazone groups is 1. The molecule has 0 atom stereocenters. The maximum atomic E-state index is 12.6. The minimum absolute atomic E-state index is 0.0354. The lowest BCUT2D eigenvalue weighted by Crippen LogP contribution is -2.33. The van der Waals surface area contributed by atoms with Gasteiger partial charge in [-0.1, -0.05) is 18.6 Å². The minimum atomic E-state index is -0.525. The summed E-state index contributed by atoms with van der Waals surface area (Å²) in [7, 11) is 0. The number of carbonyl (C=O) groups excluding carboxylic acids is 1.